The Morgan fingerprint density at radius 1 is 1.14 bits per heavy atom. The zero-order valence-corrected chi connectivity index (χ0v) is 19.5. The lowest BCUT2D eigenvalue weighted by molar-refractivity contribution is -0.0440. The van der Waals surface area contributed by atoms with Gasteiger partial charge < -0.3 is 30.3 Å². The summed E-state index contributed by atoms with van der Waals surface area (Å²) in [6, 6.07) is 15.7. The Morgan fingerprint density at radius 2 is 1.97 bits per heavy atom. The fraction of sp³-hybridized carbons (Fsp3) is 0.280. The number of ether oxygens (including phenoxy) is 2. The molecular formula is C25H26N6O5. The minimum Gasteiger partial charge on any atom is -0.497 e. The number of anilines is 1. The van der Waals surface area contributed by atoms with E-state index in [-0.39, 0.29) is 0 Å². The molecule has 0 radical (unpaired) electrons. The molecule has 0 saturated carbocycles. The highest BCUT2D eigenvalue weighted by Gasteiger charge is 2.46. The number of aliphatic hydroxyl groups excluding tert-OH is 2. The van der Waals surface area contributed by atoms with Gasteiger partial charge in [-0.05, 0) is 23.8 Å². The van der Waals surface area contributed by atoms with E-state index in [1.54, 1.807) is 28.8 Å². The third kappa shape index (κ3) is 4.59. The van der Waals surface area contributed by atoms with Crippen molar-refractivity contribution in [2.24, 2.45) is 0 Å². The zero-order valence-electron chi connectivity index (χ0n) is 19.5. The van der Waals surface area contributed by atoms with Gasteiger partial charge in [-0.2, -0.15) is 0 Å². The van der Waals surface area contributed by atoms with E-state index >= 15 is 0 Å². The van der Waals surface area contributed by atoms with Crippen molar-refractivity contribution < 1.29 is 24.5 Å². The Bertz CT molecular complexity index is 1350. The number of rotatable bonds is 8. The predicted molar refractivity (Wildman–Crippen MR) is 130 cm³/mol. The van der Waals surface area contributed by atoms with Gasteiger partial charge in [0.05, 0.1) is 20.0 Å². The summed E-state index contributed by atoms with van der Waals surface area (Å²) < 4.78 is 12.8. The quantitative estimate of drug-likeness (QED) is 0.289. The summed E-state index contributed by atoms with van der Waals surface area (Å²) in [6.07, 6.45) is 0.000227. The van der Waals surface area contributed by atoms with Crippen LogP contribution in [0.4, 0.5) is 5.82 Å². The first-order chi connectivity index (χ1) is 17.6. The molecule has 1 aliphatic rings. The molecule has 2 aromatic heterocycles. The molecule has 186 valence electrons. The second-order valence-corrected chi connectivity index (χ2v) is 8.35. The average Bonchev–Trinajstić information content (AvgIpc) is 3.49. The number of nitrogens with one attached hydrogen (secondary N) is 2. The molecule has 5 rings (SSSR count). The standard InChI is InChI=1S/C25H26N6O5/c1-35-17-9-5-8-16(10-17)24(34)30-19-21(33)18(12-32)36-25(19)31-14-29-20-22(27-13-28-23(20)31)26-11-15-6-3-2-4-7-15/h2-10,13-14,18-19,21,25,32-33H,11-12H2,1H3,(H,30,34)(H,26,27,28)/t18-,19-,21-,25-/m1/s1. The first-order valence-corrected chi connectivity index (χ1v) is 11.4. The third-order valence-electron chi connectivity index (χ3n) is 6.12. The number of amides is 1. The molecule has 4 atom stereocenters. The summed E-state index contributed by atoms with van der Waals surface area (Å²) in [6.45, 7) is 0.124. The van der Waals surface area contributed by atoms with Crippen molar-refractivity contribution in [3.63, 3.8) is 0 Å². The monoisotopic (exact) mass is 490 g/mol. The first-order valence-electron chi connectivity index (χ1n) is 11.4. The highest BCUT2D eigenvalue weighted by Crippen LogP contribution is 2.32. The van der Waals surface area contributed by atoms with Crippen molar-refractivity contribution in [2.75, 3.05) is 19.0 Å². The average molecular weight is 491 g/mol. The number of imidazole rings is 1. The Morgan fingerprint density at radius 3 is 2.75 bits per heavy atom. The molecular weight excluding hydrogens is 464 g/mol. The topological polar surface area (TPSA) is 144 Å². The molecule has 0 spiro atoms. The van der Waals surface area contributed by atoms with E-state index < -0.39 is 37.0 Å². The van der Waals surface area contributed by atoms with Crippen LogP contribution in [0.3, 0.4) is 0 Å². The van der Waals surface area contributed by atoms with Gasteiger partial charge in [0.25, 0.3) is 5.91 Å². The maximum Gasteiger partial charge on any atom is 0.251 e. The maximum absolute atomic E-state index is 13.0. The molecule has 11 nitrogen and oxygen atoms in total. The van der Waals surface area contributed by atoms with Gasteiger partial charge in [0, 0.05) is 12.1 Å². The summed E-state index contributed by atoms with van der Waals surface area (Å²) in [5.41, 5.74) is 2.41. The third-order valence-corrected chi connectivity index (χ3v) is 6.12. The molecule has 1 fully saturated rings. The number of hydrogen-bond donors (Lipinski definition) is 4. The van der Waals surface area contributed by atoms with Crippen molar-refractivity contribution in [1.82, 2.24) is 24.8 Å². The van der Waals surface area contributed by atoms with Crippen LogP contribution in [0.15, 0.2) is 67.3 Å². The predicted octanol–water partition coefficient (Wildman–Crippen LogP) is 1.50. The number of benzene rings is 2. The molecule has 2 aromatic carbocycles. The molecule has 1 amide bonds. The van der Waals surface area contributed by atoms with Gasteiger partial charge in [-0.1, -0.05) is 36.4 Å². The summed E-state index contributed by atoms with van der Waals surface area (Å²) in [5.74, 6) is 0.648. The van der Waals surface area contributed by atoms with E-state index in [1.807, 2.05) is 30.3 Å². The van der Waals surface area contributed by atoms with Gasteiger partial charge in [0.1, 0.15) is 30.3 Å². The van der Waals surface area contributed by atoms with E-state index in [1.165, 1.54) is 19.8 Å². The molecule has 4 N–H and O–H groups in total. The fourth-order valence-electron chi connectivity index (χ4n) is 4.24. The number of nitrogens with zero attached hydrogens (tertiary/aromatic N) is 4. The Kier molecular flexibility index (Phi) is 6.76. The zero-order chi connectivity index (χ0) is 25.1. The van der Waals surface area contributed by atoms with Crippen LogP contribution >= 0.6 is 0 Å². The van der Waals surface area contributed by atoms with Crippen molar-refractivity contribution >= 4 is 22.9 Å². The highest BCUT2D eigenvalue weighted by atomic mass is 16.5. The van der Waals surface area contributed by atoms with Gasteiger partial charge in [0.15, 0.2) is 23.2 Å². The Balaban J connectivity index is 1.42. The second-order valence-electron chi connectivity index (χ2n) is 8.35. The van der Waals surface area contributed by atoms with Crippen LogP contribution in [0.25, 0.3) is 11.2 Å². The Labute approximate surface area is 206 Å². The number of fused-ring (bicyclic) bond motifs is 1. The molecule has 1 saturated heterocycles. The van der Waals surface area contributed by atoms with Gasteiger partial charge >= 0.3 is 0 Å². The van der Waals surface area contributed by atoms with Crippen LogP contribution in [0.1, 0.15) is 22.1 Å². The molecule has 4 aromatic rings. The number of hydrogen-bond acceptors (Lipinski definition) is 9. The summed E-state index contributed by atoms with van der Waals surface area (Å²) in [4.78, 5) is 26.2. The molecule has 0 unspecified atom stereocenters. The molecule has 11 heteroatoms. The van der Waals surface area contributed by atoms with Crippen LogP contribution in [-0.4, -0.2) is 67.6 Å². The van der Waals surface area contributed by atoms with Crippen molar-refractivity contribution in [2.45, 2.75) is 31.0 Å². The lowest BCUT2D eigenvalue weighted by atomic mass is 10.1. The van der Waals surface area contributed by atoms with Crippen molar-refractivity contribution in [1.29, 1.82) is 0 Å². The fourth-order valence-corrected chi connectivity index (χ4v) is 4.24. The van der Waals surface area contributed by atoms with Crippen LogP contribution in [0.2, 0.25) is 0 Å². The van der Waals surface area contributed by atoms with Gasteiger partial charge in [-0.3, -0.25) is 9.36 Å². The highest BCUT2D eigenvalue weighted by molar-refractivity contribution is 5.95. The van der Waals surface area contributed by atoms with Crippen LogP contribution in [0.5, 0.6) is 5.75 Å². The molecule has 3 heterocycles. The Hall–Kier alpha value is -4.06. The molecule has 0 bridgehead atoms. The minimum absolute atomic E-state index is 0.359. The number of aliphatic hydroxyl groups is 2. The summed E-state index contributed by atoms with van der Waals surface area (Å²) >= 11 is 0. The van der Waals surface area contributed by atoms with E-state index in [4.69, 9.17) is 9.47 Å². The SMILES string of the molecule is COc1cccc(C(=O)N[C@@H]2[C@H](O)[C@@H](CO)O[C@H]2n2cnc3c(NCc4ccccc4)ncnc32)c1. The van der Waals surface area contributed by atoms with Crippen LogP contribution in [0, 0.1) is 0 Å². The largest absolute Gasteiger partial charge is 0.497 e. The number of carbonyl (C=O) groups is 1. The van der Waals surface area contributed by atoms with E-state index in [2.05, 4.69) is 25.6 Å². The molecule has 1 aliphatic heterocycles. The van der Waals surface area contributed by atoms with Crippen molar-refractivity contribution in [3.05, 3.63) is 78.4 Å². The van der Waals surface area contributed by atoms with Gasteiger partial charge in [-0.25, -0.2) is 15.0 Å². The number of carbonyl (C=O) groups excluding carboxylic acids is 1. The molecule has 36 heavy (non-hydrogen) atoms. The maximum atomic E-state index is 13.0. The van der Waals surface area contributed by atoms with E-state index in [0.717, 1.165) is 5.56 Å². The summed E-state index contributed by atoms with van der Waals surface area (Å²) in [7, 11) is 1.52. The van der Waals surface area contributed by atoms with Crippen LogP contribution in [-0.2, 0) is 11.3 Å². The van der Waals surface area contributed by atoms with E-state index in [9.17, 15) is 15.0 Å². The van der Waals surface area contributed by atoms with Crippen LogP contribution < -0.4 is 15.4 Å². The minimum atomic E-state index is -1.16. The lowest BCUT2D eigenvalue weighted by Gasteiger charge is -2.23. The second kappa shape index (κ2) is 10.3. The van der Waals surface area contributed by atoms with Crippen molar-refractivity contribution in [3.8, 4) is 5.75 Å². The smallest absolute Gasteiger partial charge is 0.251 e. The molecule has 0 aliphatic carbocycles. The normalized spacial score (nSPS) is 21.4. The van der Waals surface area contributed by atoms with Gasteiger partial charge in [-0.15, -0.1) is 0 Å². The summed E-state index contributed by atoms with van der Waals surface area (Å²) in [5, 5.41) is 26.7. The van der Waals surface area contributed by atoms with E-state index in [0.29, 0.717) is 34.8 Å². The number of methoxy groups -OCH3 is 1. The number of aromatic nitrogens is 4. The lowest BCUT2D eigenvalue weighted by Crippen LogP contribution is -2.46. The first kappa shape index (κ1) is 23.7. The van der Waals surface area contributed by atoms with Gasteiger partial charge in [0.2, 0.25) is 0 Å².